The van der Waals surface area contributed by atoms with E-state index in [1.165, 1.54) is 6.07 Å². The highest BCUT2D eigenvalue weighted by Crippen LogP contribution is 2.20. The number of hydrogen-bond acceptors (Lipinski definition) is 3. The Morgan fingerprint density at radius 2 is 1.65 bits per heavy atom. The first kappa shape index (κ1) is 17.9. The van der Waals surface area contributed by atoms with Crippen LogP contribution in [0.25, 0.3) is 0 Å². The van der Waals surface area contributed by atoms with E-state index in [0.29, 0.717) is 37.4 Å². The fourth-order valence-corrected chi connectivity index (χ4v) is 3.10. The van der Waals surface area contributed by atoms with Crippen LogP contribution in [0.3, 0.4) is 0 Å². The standard InChI is InChI=1S/C20H22FN3O2/c1-15-6-2-3-7-16(15)20(26)22-14-19(25)24-12-10-23(11-13-24)18-9-5-4-8-17(18)21/h2-9H,10-14H2,1H3,(H,22,26). The topological polar surface area (TPSA) is 52.7 Å². The van der Waals surface area contributed by atoms with Crippen molar-refractivity contribution in [3.8, 4) is 0 Å². The molecule has 1 aliphatic heterocycles. The molecule has 2 aromatic rings. The Labute approximate surface area is 152 Å². The molecular formula is C20H22FN3O2. The van der Waals surface area contributed by atoms with E-state index in [0.717, 1.165) is 5.56 Å². The van der Waals surface area contributed by atoms with Crippen LogP contribution in [0.1, 0.15) is 15.9 Å². The quantitative estimate of drug-likeness (QED) is 0.915. The van der Waals surface area contributed by atoms with Crippen LogP contribution in [0.5, 0.6) is 0 Å². The Hall–Kier alpha value is -2.89. The highest BCUT2D eigenvalue weighted by molar-refractivity contribution is 5.97. The minimum atomic E-state index is -0.252. The number of nitrogens with one attached hydrogen (secondary N) is 1. The monoisotopic (exact) mass is 355 g/mol. The summed E-state index contributed by atoms with van der Waals surface area (Å²) in [6, 6.07) is 13.9. The first-order valence-electron chi connectivity index (χ1n) is 8.67. The molecule has 6 heteroatoms. The van der Waals surface area contributed by atoms with Gasteiger partial charge in [0.25, 0.3) is 5.91 Å². The number of benzene rings is 2. The Bertz CT molecular complexity index is 801. The van der Waals surface area contributed by atoms with Crippen molar-refractivity contribution in [2.75, 3.05) is 37.6 Å². The molecule has 1 N–H and O–H groups in total. The molecule has 1 fully saturated rings. The average Bonchev–Trinajstić information content (AvgIpc) is 2.67. The molecule has 1 heterocycles. The van der Waals surface area contributed by atoms with Gasteiger partial charge in [0.1, 0.15) is 5.82 Å². The van der Waals surface area contributed by atoms with Gasteiger partial charge in [-0.15, -0.1) is 0 Å². The van der Waals surface area contributed by atoms with Crippen LogP contribution in [0, 0.1) is 12.7 Å². The number of aryl methyl sites for hydroxylation is 1. The van der Waals surface area contributed by atoms with Crippen molar-refractivity contribution in [2.45, 2.75) is 6.92 Å². The summed E-state index contributed by atoms with van der Waals surface area (Å²) >= 11 is 0. The minimum Gasteiger partial charge on any atom is -0.366 e. The molecule has 5 nitrogen and oxygen atoms in total. The molecule has 2 aromatic carbocycles. The zero-order chi connectivity index (χ0) is 18.5. The van der Waals surface area contributed by atoms with Crippen molar-refractivity contribution in [1.29, 1.82) is 0 Å². The lowest BCUT2D eigenvalue weighted by Crippen LogP contribution is -2.51. The molecule has 0 aromatic heterocycles. The Morgan fingerprint density at radius 1 is 1.00 bits per heavy atom. The van der Waals surface area contributed by atoms with Crippen LogP contribution in [0.15, 0.2) is 48.5 Å². The molecule has 0 atom stereocenters. The minimum absolute atomic E-state index is 0.0349. The smallest absolute Gasteiger partial charge is 0.251 e. The maximum atomic E-state index is 13.9. The second-order valence-electron chi connectivity index (χ2n) is 6.32. The maximum absolute atomic E-state index is 13.9. The van der Waals surface area contributed by atoms with E-state index in [9.17, 15) is 14.0 Å². The molecule has 2 amide bonds. The van der Waals surface area contributed by atoms with Crippen molar-refractivity contribution in [3.05, 3.63) is 65.5 Å². The van der Waals surface area contributed by atoms with Gasteiger partial charge in [0.15, 0.2) is 0 Å². The van der Waals surface area contributed by atoms with E-state index in [-0.39, 0.29) is 24.2 Å². The number of nitrogens with zero attached hydrogens (tertiary/aromatic N) is 2. The van der Waals surface area contributed by atoms with Gasteiger partial charge in [-0.25, -0.2) is 4.39 Å². The van der Waals surface area contributed by atoms with Crippen LogP contribution < -0.4 is 10.2 Å². The molecule has 0 unspecified atom stereocenters. The molecule has 0 radical (unpaired) electrons. The molecule has 0 spiro atoms. The average molecular weight is 355 g/mol. The summed E-state index contributed by atoms with van der Waals surface area (Å²) in [4.78, 5) is 28.2. The van der Waals surface area contributed by atoms with Crippen LogP contribution in [0.4, 0.5) is 10.1 Å². The summed E-state index contributed by atoms with van der Waals surface area (Å²) in [5.41, 5.74) is 2.01. The number of hydrogen-bond donors (Lipinski definition) is 1. The summed E-state index contributed by atoms with van der Waals surface area (Å²) in [7, 11) is 0. The van der Waals surface area contributed by atoms with E-state index >= 15 is 0 Å². The van der Waals surface area contributed by atoms with Crippen LogP contribution in [-0.4, -0.2) is 49.4 Å². The summed E-state index contributed by atoms with van der Waals surface area (Å²) < 4.78 is 13.9. The van der Waals surface area contributed by atoms with Crippen LogP contribution in [0.2, 0.25) is 0 Å². The summed E-state index contributed by atoms with van der Waals surface area (Å²) in [5, 5.41) is 2.69. The van der Waals surface area contributed by atoms with Crippen LogP contribution in [-0.2, 0) is 4.79 Å². The second-order valence-corrected chi connectivity index (χ2v) is 6.32. The van der Waals surface area contributed by atoms with Gasteiger partial charge >= 0.3 is 0 Å². The number of anilines is 1. The largest absolute Gasteiger partial charge is 0.366 e. The van der Waals surface area contributed by atoms with Gasteiger partial charge in [-0.05, 0) is 30.7 Å². The fourth-order valence-electron chi connectivity index (χ4n) is 3.10. The maximum Gasteiger partial charge on any atom is 0.251 e. The van der Waals surface area contributed by atoms with E-state index < -0.39 is 0 Å². The SMILES string of the molecule is Cc1ccccc1C(=O)NCC(=O)N1CCN(c2ccccc2F)CC1. The lowest BCUT2D eigenvalue weighted by atomic mass is 10.1. The number of rotatable bonds is 4. The number of carbonyl (C=O) groups excluding carboxylic acids is 2. The molecule has 3 rings (SSSR count). The summed E-state index contributed by atoms with van der Waals surface area (Å²) in [6.45, 7) is 3.98. The first-order chi connectivity index (χ1) is 12.6. The number of amides is 2. The highest BCUT2D eigenvalue weighted by atomic mass is 19.1. The van der Waals surface area contributed by atoms with Crippen molar-refractivity contribution in [1.82, 2.24) is 10.2 Å². The third kappa shape index (κ3) is 4.02. The molecule has 0 saturated carbocycles. The number of carbonyl (C=O) groups is 2. The molecule has 136 valence electrons. The molecular weight excluding hydrogens is 333 g/mol. The molecule has 26 heavy (non-hydrogen) atoms. The van der Waals surface area contributed by atoms with E-state index in [2.05, 4.69) is 5.32 Å². The van der Waals surface area contributed by atoms with Crippen molar-refractivity contribution in [2.24, 2.45) is 0 Å². The van der Waals surface area contributed by atoms with Gasteiger partial charge in [-0.3, -0.25) is 9.59 Å². The van der Waals surface area contributed by atoms with Crippen molar-refractivity contribution < 1.29 is 14.0 Å². The third-order valence-corrected chi connectivity index (χ3v) is 4.62. The Kier molecular flexibility index (Phi) is 5.51. The van der Waals surface area contributed by atoms with Gasteiger partial charge in [0.05, 0.1) is 12.2 Å². The second kappa shape index (κ2) is 7.99. The zero-order valence-corrected chi connectivity index (χ0v) is 14.7. The third-order valence-electron chi connectivity index (χ3n) is 4.62. The van der Waals surface area contributed by atoms with Crippen LogP contribution >= 0.6 is 0 Å². The highest BCUT2D eigenvalue weighted by Gasteiger charge is 2.23. The fraction of sp³-hybridized carbons (Fsp3) is 0.300. The Morgan fingerprint density at radius 3 is 2.35 bits per heavy atom. The van der Waals surface area contributed by atoms with Crippen molar-refractivity contribution in [3.63, 3.8) is 0 Å². The van der Waals surface area contributed by atoms with Gasteiger partial charge in [-0.1, -0.05) is 30.3 Å². The summed E-state index contributed by atoms with van der Waals surface area (Å²) in [5.74, 6) is -0.626. The number of para-hydroxylation sites is 1. The van der Waals surface area contributed by atoms with Crippen molar-refractivity contribution >= 4 is 17.5 Å². The molecule has 1 aliphatic rings. The molecule has 0 bridgehead atoms. The predicted octanol–water partition coefficient (Wildman–Crippen LogP) is 2.21. The lowest BCUT2D eigenvalue weighted by molar-refractivity contribution is -0.130. The zero-order valence-electron chi connectivity index (χ0n) is 14.7. The van der Waals surface area contributed by atoms with E-state index in [1.54, 1.807) is 35.2 Å². The van der Waals surface area contributed by atoms with Gasteiger partial charge in [0, 0.05) is 31.7 Å². The first-order valence-corrected chi connectivity index (χ1v) is 8.67. The van der Waals surface area contributed by atoms with Gasteiger partial charge < -0.3 is 15.1 Å². The molecule has 1 saturated heterocycles. The van der Waals surface area contributed by atoms with Gasteiger partial charge in [-0.2, -0.15) is 0 Å². The van der Waals surface area contributed by atoms with Gasteiger partial charge in [0.2, 0.25) is 5.91 Å². The molecule has 0 aliphatic carbocycles. The van der Waals surface area contributed by atoms with E-state index in [1.807, 2.05) is 24.0 Å². The summed E-state index contributed by atoms with van der Waals surface area (Å²) in [6.07, 6.45) is 0. The lowest BCUT2D eigenvalue weighted by Gasteiger charge is -2.36. The predicted molar refractivity (Wildman–Crippen MR) is 98.7 cm³/mol. The number of piperazine rings is 1. The number of halogens is 1. The Balaban J connectivity index is 1.50. The van der Waals surface area contributed by atoms with E-state index in [4.69, 9.17) is 0 Å². The normalized spacial score (nSPS) is 14.2.